The second-order valence-corrected chi connectivity index (χ2v) is 4.44. The number of aryl methyl sites for hydroxylation is 1. The highest BCUT2D eigenvalue weighted by molar-refractivity contribution is 5.17. The summed E-state index contributed by atoms with van der Waals surface area (Å²) in [6.07, 6.45) is 3.19. The molecule has 16 heavy (non-hydrogen) atoms. The highest BCUT2D eigenvalue weighted by Gasteiger charge is 2.20. The molecule has 0 saturated carbocycles. The van der Waals surface area contributed by atoms with E-state index in [4.69, 9.17) is 0 Å². The topological polar surface area (TPSA) is 28.2 Å². The third-order valence-corrected chi connectivity index (χ3v) is 3.30. The molecule has 0 spiro atoms. The van der Waals surface area contributed by atoms with Gasteiger partial charge in [-0.1, -0.05) is 13.0 Å². The minimum absolute atomic E-state index is 0.537. The molecule has 1 unspecified atom stereocenters. The Hall–Kier alpha value is -0.930. The standard InChI is InChI=1S/C13H21N3/c1-3-13(16-8-6-14-7-9-16)12-5-4-11(2)15-10-12/h4-5,10,13-14H,3,6-9H2,1-2H3. The molecule has 1 fully saturated rings. The van der Waals surface area contributed by atoms with Gasteiger partial charge in [0.25, 0.3) is 0 Å². The summed E-state index contributed by atoms with van der Waals surface area (Å²) in [6, 6.07) is 4.87. The molecule has 0 bridgehead atoms. The fourth-order valence-corrected chi connectivity index (χ4v) is 2.37. The predicted octanol–water partition coefficient (Wildman–Crippen LogP) is 1.75. The van der Waals surface area contributed by atoms with Crippen molar-refractivity contribution >= 4 is 0 Å². The van der Waals surface area contributed by atoms with Crippen LogP contribution in [0.25, 0.3) is 0 Å². The van der Waals surface area contributed by atoms with Gasteiger partial charge in [0.05, 0.1) is 0 Å². The lowest BCUT2D eigenvalue weighted by Gasteiger charge is -2.34. The van der Waals surface area contributed by atoms with Crippen LogP contribution in [0.5, 0.6) is 0 Å². The van der Waals surface area contributed by atoms with Crippen molar-refractivity contribution in [1.82, 2.24) is 15.2 Å². The van der Waals surface area contributed by atoms with E-state index in [1.807, 2.05) is 13.1 Å². The number of nitrogens with one attached hydrogen (secondary N) is 1. The van der Waals surface area contributed by atoms with Crippen molar-refractivity contribution in [2.24, 2.45) is 0 Å². The first-order chi connectivity index (χ1) is 7.81. The average Bonchev–Trinajstić information content (AvgIpc) is 2.34. The molecule has 0 amide bonds. The first kappa shape index (κ1) is 11.6. The van der Waals surface area contributed by atoms with Crippen LogP contribution in [0, 0.1) is 6.92 Å². The summed E-state index contributed by atoms with van der Waals surface area (Å²) < 4.78 is 0. The molecule has 1 aromatic heterocycles. The molecule has 1 aromatic rings. The monoisotopic (exact) mass is 219 g/mol. The molecule has 3 nitrogen and oxygen atoms in total. The zero-order valence-electron chi connectivity index (χ0n) is 10.2. The summed E-state index contributed by atoms with van der Waals surface area (Å²) in [6.45, 7) is 8.80. The SMILES string of the molecule is CCC(c1ccc(C)nc1)N1CCNCC1. The molecule has 1 N–H and O–H groups in total. The molecule has 0 aromatic carbocycles. The van der Waals surface area contributed by atoms with Crippen molar-refractivity contribution in [1.29, 1.82) is 0 Å². The fourth-order valence-electron chi connectivity index (χ4n) is 2.37. The van der Waals surface area contributed by atoms with Gasteiger partial charge in [0.1, 0.15) is 0 Å². The lowest BCUT2D eigenvalue weighted by Crippen LogP contribution is -2.45. The Labute approximate surface area is 97.9 Å². The Morgan fingerprint density at radius 2 is 2.12 bits per heavy atom. The molecule has 0 aliphatic carbocycles. The smallest absolute Gasteiger partial charge is 0.0372 e. The summed E-state index contributed by atoms with van der Waals surface area (Å²) in [5, 5.41) is 3.40. The Balaban J connectivity index is 2.11. The maximum absolute atomic E-state index is 4.40. The van der Waals surface area contributed by atoms with E-state index in [9.17, 15) is 0 Å². The molecule has 1 aliphatic rings. The van der Waals surface area contributed by atoms with Crippen LogP contribution in [0.3, 0.4) is 0 Å². The number of pyridine rings is 1. The molecule has 1 atom stereocenters. The largest absolute Gasteiger partial charge is 0.314 e. The normalized spacial score (nSPS) is 19.6. The average molecular weight is 219 g/mol. The lowest BCUT2D eigenvalue weighted by molar-refractivity contribution is 0.169. The quantitative estimate of drug-likeness (QED) is 0.839. The van der Waals surface area contributed by atoms with Gasteiger partial charge >= 0.3 is 0 Å². The summed E-state index contributed by atoms with van der Waals surface area (Å²) in [7, 11) is 0. The van der Waals surface area contributed by atoms with Crippen molar-refractivity contribution in [2.75, 3.05) is 26.2 Å². The van der Waals surface area contributed by atoms with Crippen LogP contribution < -0.4 is 5.32 Å². The van der Waals surface area contributed by atoms with Crippen LogP contribution in [0.4, 0.5) is 0 Å². The first-order valence-corrected chi connectivity index (χ1v) is 6.18. The Kier molecular flexibility index (Phi) is 3.91. The van der Waals surface area contributed by atoms with E-state index in [1.54, 1.807) is 0 Å². The van der Waals surface area contributed by atoms with Crippen LogP contribution in [0.2, 0.25) is 0 Å². The van der Waals surface area contributed by atoms with E-state index >= 15 is 0 Å². The summed E-state index contributed by atoms with van der Waals surface area (Å²) >= 11 is 0. The highest BCUT2D eigenvalue weighted by Crippen LogP contribution is 2.23. The number of piperazine rings is 1. The van der Waals surface area contributed by atoms with Gasteiger partial charge in [-0.15, -0.1) is 0 Å². The van der Waals surface area contributed by atoms with Crippen molar-refractivity contribution in [3.05, 3.63) is 29.6 Å². The molecule has 1 aliphatic heterocycles. The van der Waals surface area contributed by atoms with Gasteiger partial charge in [-0.3, -0.25) is 9.88 Å². The van der Waals surface area contributed by atoms with E-state index in [1.165, 1.54) is 5.56 Å². The number of hydrogen-bond donors (Lipinski definition) is 1. The van der Waals surface area contributed by atoms with Gasteiger partial charge in [-0.05, 0) is 25.0 Å². The lowest BCUT2D eigenvalue weighted by atomic mass is 10.0. The second-order valence-electron chi connectivity index (χ2n) is 4.44. The number of nitrogens with zero attached hydrogens (tertiary/aromatic N) is 2. The Bertz CT molecular complexity index is 314. The van der Waals surface area contributed by atoms with E-state index in [-0.39, 0.29) is 0 Å². The van der Waals surface area contributed by atoms with Gasteiger partial charge in [0.2, 0.25) is 0 Å². The van der Waals surface area contributed by atoms with Crippen molar-refractivity contribution in [3.63, 3.8) is 0 Å². The van der Waals surface area contributed by atoms with E-state index in [0.29, 0.717) is 6.04 Å². The molecular formula is C13H21N3. The van der Waals surface area contributed by atoms with Crippen LogP contribution >= 0.6 is 0 Å². The summed E-state index contributed by atoms with van der Waals surface area (Å²) in [5.41, 5.74) is 2.45. The van der Waals surface area contributed by atoms with Crippen molar-refractivity contribution < 1.29 is 0 Å². The van der Waals surface area contributed by atoms with Crippen LogP contribution in [-0.2, 0) is 0 Å². The molecular weight excluding hydrogens is 198 g/mol. The molecule has 2 heterocycles. The molecule has 3 heteroatoms. The highest BCUT2D eigenvalue weighted by atomic mass is 15.2. The van der Waals surface area contributed by atoms with Gasteiger partial charge in [-0.25, -0.2) is 0 Å². The maximum Gasteiger partial charge on any atom is 0.0372 e. The van der Waals surface area contributed by atoms with Gasteiger partial charge in [-0.2, -0.15) is 0 Å². The van der Waals surface area contributed by atoms with Crippen molar-refractivity contribution in [3.8, 4) is 0 Å². The zero-order valence-corrected chi connectivity index (χ0v) is 10.2. The third-order valence-electron chi connectivity index (χ3n) is 3.30. The fraction of sp³-hybridized carbons (Fsp3) is 0.615. The predicted molar refractivity (Wildman–Crippen MR) is 66.4 cm³/mol. The summed E-state index contributed by atoms with van der Waals surface area (Å²) in [4.78, 5) is 6.96. The molecule has 1 saturated heterocycles. The molecule has 88 valence electrons. The maximum atomic E-state index is 4.40. The van der Waals surface area contributed by atoms with Crippen LogP contribution in [0.1, 0.15) is 30.6 Å². The molecule has 0 radical (unpaired) electrons. The number of aromatic nitrogens is 1. The first-order valence-electron chi connectivity index (χ1n) is 6.18. The third kappa shape index (κ3) is 2.60. The Morgan fingerprint density at radius 3 is 2.69 bits per heavy atom. The van der Waals surface area contributed by atoms with E-state index < -0.39 is 0 Å². The van der Waals surface area contributed by atoms with Gasteiger partial charge < -0.3 is 5.32 Å². The number of rotatable bonds is 3. The number of hydrogen-bond acceptors (Lipinski definition) is 3. The Morgan fingerprint density at radius 1 is 1.38 bits per heavy atom. The van der Waals surface area contributed by atoms with Crippen LogP contribution in [0.15, 0.2) is 18.3 Å². The van der Waals surface area contributed by atoms with Gasteiger partial charge in [0.15, 0.2) is 0 Å². The zero-order chi connectivity index (χ0) is 11.4. The minimum atomic E-state index is 0.537. The van der Waals surface area contributed by atoms with Crippen molar-refractivity contribution in [2.45, 2.75) is 26.3 Å². The second kappa shape index (κ2) is 5.41. The summed E-state index contributed by atoms with van der Waals surface area (Å²) in [5.74, 6) is 0. The van der Waals surface area contributed by atoms with E-state index in [2.05, 4.69) is 34.3 Å². The van der Waals surface area contributed by atoms with Gasteiger partial charge in [0, 0.05) is 44.1 Å². The van der Waals surface area contributed by atoms with E-state index in [0.717, 1.165) is 38.3 Å². The molecule has 2 rings (SSSR count). The van der Waals surface area contributed by atoms with Crippen LogP contribution in [-0.4, -0.2) is 36.1 Å². The minimum Gasteiger partial charge on any atom is -0.314 e.